The molecule has 0 spiro atoms. The largest absolute Gasteiger partial charge is 0.502 e. The highest BCUT2D eigenvalue weighted by atomic mass is 28.3. The van der Waals surface area contributed by atoms with E-state index in [-0.39, 0.29) is 0 Å². The van der Waals surface area contributed by atoms with Gasteiger partial charge in [0.1, 0.15) is 0 Å². The highest BCUT2D eigenvalue weighted by Gasteiger charge is 2.60. The molecule has 4 atom stereocenters. The molecule has 0 bridgehead atoms. The number of hydrogen-bond acceptors (Lipinski definition) is 1. The SMILES string of the molecule is COC1=C([Si](C)(C)C)C([Si](C)(C)C)C([Si](C)(C)C)C([Si](C)(C)C)C1[Si](C)(C)C. The van der Waals surface area contributed by atoms with Crippen molar-refractivity contribution in [3.63, 3.8) is 0 Å². The lowest BCUT2D eigenvalue weighted by molar-refractivity contribution is 0.259. The summed E-state index contributed by atoms with van der Waals surface area (Å²) in [5.41, 5.74) is 3.31. The van der Waals surface area contributed by atoms with Crippen molar-refractivity contribution in [3.05, 3.63) is 11.0 Å². The Morgan fingerprint density at radius 1 is 0.500 bits per heavy atom. The summed E-state index contributed by atoms with van der Waals surface area (Å²) in [4.78, 5) is 0. The van der Waals surface area contributed by atoms with Crippen LogP contribution in [0.5, 0.6) is 0 Å². The van der Waals surface area contributed by atoms with E-state index in [0.717, 1.165) is 16.6 Å². The summed E-state index contributed by atoms with van der Waals surface area (Å²) in [7, 11) is -5.06. The van der Waals surface area contributed by atoms with E-state index in [2.05, 4.69) is 98.2 Å². The predicted molar refractivity (Wildman–Crippen MR) is 146 cm³/mol. The van der Waals surface area contributed by atoms with Crippen LogP contribution in [0.25, 0.3) is 0 Å². The Labute approximate surface area is 183 Å². The molecule has 1 rings (SSSR count). The summed E-state index contributed by atoms with van der Waals surface area (Å²) >= 11 is 0. The molecule has 28 heavy (non-hydrogen) atoms. The third-order valence-corrected chi connectivity index (χ3v) is 20.7. The fourth-order valence-corrected chi connectivity index (χ4v) is 30.0. The summed E-state index contributed by atoms with van der Waals surface area (Å²) in [5, 5.41) is 1.85. The molecular weight excluding hydrogens is 421 g/mol. The van der Waals surface area contributed by atoms with E-state index in [4.69, 9.17) is 4.74 Å². The zero-order valence-corrected chi connectivity index (χ0v) is 27.2. The zero-order valence-electron chi connectivity index (χ0n) is 22.2. The van der Waals surface area contributed by atoms with Crippen LogP contribution in [0.1, 0.15) is 0 Å². The van der Waals surface area contributed by atoms with Gasteiger partial charge in [-0.2, -0.15) is 0 Å². The molecule has 1 aliphatic carbocycles. The summed E-state index contributed by atoms with van der Waals surface area (Å²) in [6.45, 7) is 39.6. The van der Waals surface area contributed by atoms with Gasteiger partial charge in [0.2, 0.25) is 0 Å². The topological polar surface area (TPSA) is 9.23 Å². The van der Waals surface area contributed by atoms with Crippen LogP contribution < -0.4 is 0 Å². The van der Waals surface area contributed by atoms with Crippen molar-refractivity contribution < 1.29 is 4.74 Å². The Kier molecular flexibility index (Phi) is 7.57. The monoisotopic (exact) mass is 472 g/mol. The third kappa shape index (κ3) is 5.45. The van der Waals surface area contributed by atoms with Crippen LogP contribution in [-0.4, -0.2) is 47.5 Å². The molecule has 4 unspecified atom stereocenters. The van der Waals surface area contributed by atoms with Crippen molar-refractivity contribution in [1.29, 1.82) is 0 Å². The van der Waals surface area contributed by atoms with E-state index in [1.165, 1.54) is 5.76 Å². The molecular formula is C22H52OSi5. The lowest BCUT2D eigenvalue weighted by Crippen LogP contribution is -2.57. The second kappa shape index (κ2) is 7.95. The van der Waals surface area contributed by atoms with Crippen LogP contribution in [0.4, 0.5) is 0 Å². The molecule has 166 valence electrons. The molecule has 0 saturated carbocycles. The van der Waals surface area contributed by atoms with Crippen LogP contribution in [0, 0.1) is 0 Å². The normalized spacial score (nSPS) is 28.6. The van der Waals surface area contributed by atoms with Crippen molar-refractivity contribution in [2.24, 2.45) is 0 Å². The van der Waals surface area contributed by atoms with Crippen LogP contribution in [0.15, 0.2) is 11.0 Å². The van der Waals surface area contributed by atoms with Gasteiger partial charge in [-0.25, -0.2) is 0 Å². The summed E-state index contributed by atoms with van der Waals surface area (Å²) in [6.07, 6.45) is 0. The Morgan fingerprint density at radius 3 is 1.04 bits per heavy atom. The van der Waals surface area contributed by atoms with Crippen LogP contribution in [0.3, 0.4) is 0 Å². The van der Waals surface area contributed by atoms with Crippen LogP contribution in [0.2, 0.25) is 120 Å². The van der Waals surface area contributed by atoms with Crippen LogP contribution >= 0.6 is 0 Å². The fourth-order valence-electron chi connectivity index (χ4n) is 6.13. The molecule has 0 aromatic rings. The zero-order chi connectivity index (χ0) is 22.7. The first-order valence-corrected chi connectivity index (χ1v) is 29.2. The Morgan fingerprint density at radius 2 is 0.821 bits per heavy atom. The number of methoxy groups -OCH3 is 1. The molecule has 0 N–H and O–H groups in total. The lowest BCUT2D eigenvalue weighted by Gasteiger charge is -2.60. The standard InChI is InChI=1S/C22H52OSi5/c1-23-17-18(24(2,3)4)20(26(8,9)10)22(28(14,15)16)21(27(11,12)13)19(17)25(5,6)7/h18,20-22H,1-16H3. The number of ether oxygens (including phenoxy) is 1. The van der Waals surface area contributed by atoms with Gasteiger partial charge in [-0.15, -0.1) is 0 Å². The minimum Gasteiger partial charge on any atom is -0.502 e. The Bertz CT molecular complexity index is 591. The average Bonchev–Trinajstić information content (AvgIpc) is 2.38. The first-order valence-electron chi connectivity index (χ1n) is 11.3. The van der Waals surface area contributed by atoms with Gasteiger partial charge in [0.15, 0.2) is 0 Å². The van der Waals surface area contributed by atoms with E-state index in [0.29, 0.717) is 5.54 Å². The van der Waals surface area contributed by atoms with Crippen molar-refractivity contribution in [1.82, 2.24) is 0 Å². The highest BCUT2D eigenvalue weighted by molar-refractivity contribution is 6.93. The maximum Gasteiger partial charge on any atom is 0.0912 e. The van der Waals surface area contributed by atoms with Gasteiger partial charge in [-0.1, -0.05) is 98.2 Å². The quantitative estimate of drug-likeness (QED) is 0.351. The van der Waals surface area contributed by atoms with E-state index >= 15 is 0 Å². The summed E-state index contributed by atoms with van der Waals surface area (Å²) in [5.74, 6) is 1.49. The maximum atomic E-state index is 6.49. The average molecular weight is 473 g/mol. The molecule has 6 heteroatoms. The summed E-state index contributed by atoms with van der Waals surface area (Å²) in [6, 6.07) is 0. The van der Waals surface area contributed by atoms with Gasteiger partial charge < -0.3 is 4.74 Å². The predicted octanol–water partition coefficient (Wildman–Crippen LogP) is 8.61. The van der Waals surface area contributed by atoms with Crippen molar-refractivity contribution >= 4 is 40.4 Å². The summed E-state index contributed by atoms with van der Waals surface area (Å²) < 4.78 is 6.49. The molecule has 0 heterocycles. The first-order chi connectivity index (χ1) is 12.1. The van der Waals surface area contributed by atoms with E-state index in [9.17, 15) is 0 Å². The molecule has 0 amide bonds. The maximum absolute atomic E-state index is 6.49. The van der Waals surface area contributed by atoms with Gasteiger partial charge in [0, 0.05) is 21.7 Å². The third-order valence-electron chi connectivity index (χ3n) is 6.86. The molecule has 0 aromatic carbocycles. The minimum absolute atomic E-state index is 0.704. The second-order valence-corrected chi connectivity index (χ2v) is 41.2. The number of allylic oxidation sites excluding steroid dienone is 2. The van der Waals surface area contributed by atoms with Gasteiger partial charge in [0.05, 0.1) is 37.1 Å². The van der Waals surface area contributed by atoms with Gasteiger partial charge >= 0.3 is 0 Å². The molecule has 1 nitrogen and oxygen atoms in total. The van der Waals surface area contributed by atoms with E-state index < -0.39 is 40.4 Å². The minimum atomic E-state index is -1.49. The first kappa shape index (κ1) is 26.7. The fraction of sp³-hybridized carbons (Fsp3) is 0.909. The lowest BCUT2D eigenvalue weighted by atomic mass is 10.0. The molecule has 1 aliphatic rings. The van der Waals surface area contributed by atoms with Crippen molar-refractivity contribution in [3.8, 4) is 0 Å². The second-order valence-electron chi connectivity index (χ2n) is 14.7. The van der Waals surface area contributed by atoms with Crippen molar-refractivity contribution in [2.75, 3.05) is 7.11 Å². The van der Waals surface area contributed by atoms with E-state index in [1.54, 1.807) is 0 Å². The van der Waals surface area contributed by atoms with Gasteiger partial charge in [-0.3, -0.25) is 0 Å². The van der Waals surface area contributed by atoms with Gasteiger partial charge in [0.25, 0.3) is 0 Å². The molecule has 0 aromatic heterocycles. The number of rotatable bonds is 6. The van der Waals surface area contributed by atoms with Crippen molar-refractivity contribution in [2.45, 2.75) is 120 Å². The highest BCUT2D eigenvalue weighted by Crippen LogP contribution is 2.67. The molecule has 0 radical (unpaired) electrons. The smallest absolute Gasteiger partial charge is 0.0912 e. The molecule has 0 aliphatic heterocycles. The Hall–Kier alpha value is 0.624. The van der Waals surface area contributed by atoms with E-state index in [1.807, 2.05) is 12.3 Å². The number of hydrogen-bond donors (Lipinski definition) is 0. The van der Waals surface area contributed by atoms with Crippen LogP contribution in [-0.2, 0) is 4.74 Å². The Balaban J connectivity index is 4.17. The molecule has 0 fully saturated rings. The van der Waals surface area contributed by atoms with Gasteiger partial charge in [-0.05, 0) is 21.8 Å². The molecule has 0 saturated heterocycles.